The highest BCUT2D eigenvalue weighted by Gasteiger charge is 2.29. The molecule has 1 rings (SSSR count). The SMILES string of the molecule is COC1CNC(C(=O)NCC(=O)O)C1. The van der Waals surface area contributed by atoms with Crippen LogP contribution in [0.25, 0.3) is 0 Å². The van der Waals surface area contributed by atoms with Crippen LogP contribution in [0.5, 0.6) is 0 Å². The molecule has 14 heavy (non-hydrogen) atoms. The Bertz CT molecular complexity index is 231. The third-order valence-electron chi connectivity index (χ3n) is 2.15. The molecule has 1 saturated heterocycles. The van der Waals surface area contributed by atoms with E-state index in [9.17, 15) is 9.59 Å². The van der Waals surface area contributed by atoms with E-state index in [0.717, 1.165) is 0 Å². The number of hydrogen-bond donors (Lipinski definition) is 3. The number of ether oxygens (including phenoxy) is 1. The summed E-state index contributed by atoms with van der Waals surface area (Å²) in [7, 11) is 1.59. The lowest BCUT2D eigenvalue weighted by Crippen LogP contribution is -2.42. The third-order valence-corrected chi connectivity index (χ3v) is 2.15. The van der Waals surface area contributed by atoms with E-state index in [4.69, 9.17) is 9.84 Å². The van der Waals surface area contributed by atoms with Gasteiger partial charge in [-0.2, -0.15) is 0 Å². The fraction of sp³-hybridized carbons (Fsp3) is 0.750. The van der Waals surface area contributed by atoms with Crippen molar-refractivity contribution in [2.24, 2.45) is 0 Å². The predicted octanol–water partition coefficient (Wildman–Crippen LogP) is -1.44. The van der Waals surface area contributed by atoms with E-state index >= 15 is 0 Å². The van der Waals surface area contributed by atoms with Crippen molar-refractivity contribution in [3.8, 4) is 0 Å². The van der Waals surface area contributed by atoms with Crippen molar-refractivity contribution in [3.63, 3.8) is 0 Å². The van der Waals surface area contributed by atoms with Crippen LogP contribution in [0.2, 0.25) is 0 Å². The van der Waals surface area contributed by atoms with E-state index in [1.807, 2.05) is 0 Å². The molecule has 0 aliphatic carbocycles. The zero-order valence-electron chi connectivity index (χ0n) is 7.95. The smallest absolute Gasteiger partial charge is 0.322 e. The van der Waals surface area contributed by atoms with Crippen molar-refractivity contribution in [2.45, 2.75) is 18.6 Å². The predicted molar refractivity (Wildman–Crippen MR) is 47.9 cm³/mol. The summed E-state index contributed by atoms with van der Waals surface area (Å²) in [5.41, 5.74) is 0. The molecule has 1 aliphatic heterocycles. The lowest BCUT2D eigenvalue weighted by Gasteiger charge is -2.09. The molecule has 2 atom stereocenters. The summed E-state index contributed by atoms with van der Waals surface area (Å²) in [5, 5.41) is 13.6. The first-order valence-corrected chi connectivity index (χ1v) is 4.39. The van der Waals surface area contributed by atoms with Gasteiger partial charge in [0.2, 0.25) is 5.91 Å². The van der Waals surface area contributed by atoms with E-state index in [-0.39, 0.29) is 24.6 Å². The molecular weight excluding hydrogens is 188 g/mol. The lowest BCUT2D eigenvalue weighted by atomic mass is 10.2. The number of carboxylic acid groups (broad SMARTS) is 1. The minimum atomic E-state index is -1.04. The van der Waals surface area contributed by atoms with Crippen molar-refractivity contribution in [2.75, 3.05) is 20.2 Å². The third kappa shape index (κ3) is 2.97. The number of aliphatic carboxylic acids is 1. The van der Waals surface area contributed by atoms with E-state index in [2.05, 4.69) is 10.6 Å². The van der Waals surface area contributed by atoms with Gasteiger partial charge in [0.05, 0.1) is 12.1 Å². The van der Waals surface area contributed by atoms with Crippen LogP contribution in [-0.2, 0) is 14.3 Å². The minimum absolute atomic E-state index is 0.0376. The molecule has 2 unspecified atom stereocenters. The molecular formula is C8H14N2O4. The first-order valence-electron chi connectivity index (χ1n) is 4.39. The molecule has 0 bridgehead atoms. The number of amides is 1. The molecule has 1 heterocycles. The maximum atomic E-state index is 11.3. The molecule has 1 fully saturated rings. The quantitative estimate of drug-likeness (QED) is 0.520. The molecule has 0 aromatic heterocycles. The van der Waals surface area contributed by atoms with Crippen LogP contribution in [0.4, 0.5) is 0 Å². The monoisotopic (exact) mass is 202 g/mol. The number of carbonyl (C=O) groups is 2. The molecule has 6 nitrogen and oxygen atoms in total. The number of carboxylic acids is 1. The van der Waals surface area contributed by atoms with Gasteiger partial charge in [0.25, 0.3) is 0 Å². The minimum Gasteiger partial charge on any atom is -0.480 e. The van der Waals surface area contributed by atoms with Gasteiger partial charge in [0.1, 0.15) is 6.54 Å². The van der Waals surface area contributed by atoms with E-state index in [1.165, 1.54) is 0 Å². The van der Waals surface area contributed by atoms with Crippen LogP contribution in [0, 0.1) is 0 Å². The molecule has 3 N–H and O–H groups in total. The Morgan fingerprint density at radius 1 is 1.64 bits per heavy atom. The van der Waals surface area contributed by atoms with Crippen LogP contribution in [0.3, 0.4) is 0 Å². The molecule has 0 aromatic rings. The highest BCUT2D eigenvalue weighted by atomic mass is 16.5. The summed E-state index contributed by atoms with van der Waals surface area (Å²) in [4.78, 5) is 21.5. The molecule has 0 saturated carbocycles. The summed E-state index contributed by atoms with van der Waals surface area (Å²) in [5.74, 6) is -1.33. The Morgan fingerprint density at radius 3 is 2.86 bits per heavy atom. The van der Waals surface area contributed by atoms with E-state index in [1.54, 1.807) is 7.11 Å². The molecule has 0 aromatic carbocycles. The lowest BCUT2D eigenvalue weighted by molar-refractivity contribution is -0.138. The zero-order valence-corrected chi connectivity index (χ0v) is 7.95. The Morgan fingerprint density at radius 2 is 2.36 bits per heavy atom. The van der Waals surface area contributed by atoms with Crippen molar-refractivity contribution in [1.29, 1.82) is 0 Å². The van der Waals surface area contributed by atoms with Gasteiger partial charge in [0, 0.05) is 13.7 Å². The number of hydrogen-bond acceptors (Lipinski definition) is 4. The fourth-order valence-corrected chi connectivity index (χ4v) is 1.37. The van der Waals surface area contributed by atoms with Crippen molar-refractivity contribution >= 4 is 11.9 Å². The van der Waals surface area contributed by atoms with Gasteiger partial charge >= 0.3 is 5.97 Å². The Hall–Kier alpha value is -1.14. The molecule has 6 heteroatoms. The van der Waals surface area contributed by atoms with E-state index in [0.29, 0.717) is 13.0 Å². The highest BCUT2D eigenvalue weighted by molar-refractivity contribution is 5.85. The van der Waals surface area contributed by atoms with Crippen LogP contribution in [-0.4, -0.2) is 49.3 Å². The van der Waals surface area contributed by atoms with Gasteiger partial charge in [-0.05, 0) is 6.42 Å². The second-order valence-corrected chi connectivity index (χ2v) is 3.17. The summed E-state index contributed by atoms with van der Waals surface area (Å²) >= 11 is 0. The summed E-state index contributed by atoms with van der Waals surface area (Å²) in [6, 6.07) is -0.334. The summed E-state index contributed by atoms with van der Waals surface area (Å²) in [6.45, 7) is 0.288. The second-order valence-electron chi connectivity index (χ2n) is 3.17. The van der Waals surface area contributed by atoms with Gasteiger partial charge in [-0.1, -0.05) is 0 Å². The first-order chi connectivity index (χ1) is 6.63. The number of methoxy groups -OCH3 is 1. The standard InChI is InChI=1S/C8H14N2O4/c1-14-5-2-6(9-3-5)8(13)10-4-7(11)12/h5-6,9H,2-4H2,1H3,(H,10,13)(H,11,12). The molecule has 0 spiro atoms. The second kappa shape index (κ2) is 4.92. The molecule has 0 radical (unpaired) electrons. The van der Waals surface area contributed by atoms with Gasteiger partial charge in [-0.25, -0.2) is 0 Å². The normalized spacial score (nSPS) is 26.1. The molecule has 1 amide bonds. The number of carbonyl (C=O) groups excluding carboxylic acids is 1. The van der Waals surface area contributed by atoms with Crippen LogP contribution >= 0.6 is 0 Å². The average Bonchev–Trinajstić information content (AvgIpc) is 2.62. The van der Waals surface area contributed by atoms with Crippen molar-refractivity contribution < 1.29 is 19.4 Å². The summed E-state index contributed by atoms with van der Waals surface area (Å²) < 4.78 is 5.06. The van der Waals surface area contributed by atoms with Gasteiger partial charge in [0.15, 0.2) is 0 Å². The van der Waals surface area contributed by atoms with E-state index < -0.39 is 5.97 Å². The van der Waals surface area contributed by atoms with Gasteiger partial charge in [-0.3, -0.25) is 9.59 Å². The van der Waals surface area contributed by atoms with Crippen molar-refractivity contribution in [3.05, 3.63) is 0 Å². The largest absolute Gasteiger partial charge is 0.480 e. The van der Waals surface area contributed by atoms with Crippen LogP contribution < -0.4 is 10.6 Å². The molecule has 80 valence electrons. The highest BCUT2D eigenvalue weighted by Crippen LogP contribution is 2.08. The first kappa shape index (κ1) is 10.9. The Balaban J connectivity index is 2.28. The maximum absolute atomic E-state index is 11.3. The number of nitrogens with one attached hydrogen (secondary N) is 2. The molecule has 1 aliphatic rings. The Kier molecular flexibility index (Phi) is 3.84. The fourth-order valence-electron chi connectivity index (χ4n) is 1.37. The average molecular weight is 202 g/mol. The zero-order chi connectivity index (χ0) is 10.6. The number of rotatable bonds is 4. The van der Waals surface area contributed by atoms with Gasteiger partial charge < -0.3 is 20.5 Å². The summed E-state index contributed by atoms with van der Waals surface area (Å²) in [6.07, 6.45) is 0.623. The van der Waals surface area contributed by atoms with Crippen molar-refractivity contribution in [1.82, 2.24) is 10.6 Å². The Labute approximate surface area is 81.6 Å². The maximum Gasteiger partial charge on any atom is 0.322 e. The van der Waals surface area contributed by atoms with Crippen LogP contribution in [0.15, 0.2) is 0 Å². The van der Waals surface area contributed by atoms with Gasteiger partial charge in [-0.15, -0.1) is 0 Å². The van der Waals surface area contributed by atoms with Crippen LogP contribution in [0.1, 0.15) is 6.42 Å². The topological polar surface area (TPSA) is 87.7 Å².